The zero-order valence-electron chi connectivity index (χ0n) is 19.0. The topological polar surface area (TPSA) is 189 Å². The quantitative estimate of drug-likeness (QED) is 0.170. The fourth-order valence-corrected chi connectivity index (χ4v) is 2.27. The molecule has 0 aromatic carbocycles. The van der Waals surface area contributed by atoms with Crippen molar-refractivity contribution in [1.29, 1.82) is 0 Å². The number of esters is 1. The van der Waals surface area contributed by atoms with Gasteiger partial charge in [-0.05, 0) is 19.8 Å². The minimum absolute atomic E-state index is 0.252. The highest BCUT2D eigenvalue weighted by Crippen LogP contribution is 2.12. The Labute approximate surface area is 187 Å². The van der Waals surface area contributed by atoms with Crippen LogP contribution in [0, 0.1) is 0 Å². The molecule has 182 valence electrons. The molecule has 0 atom stereocenters. The Hall–Kier alpha value is -3.22. The molecule has 0 aliphatic rings. The Balaban J connectivity index is 4.60. The summed E-state index contributed by atoms with van der Waals surface area (Å²) in [6.07, 6.45) is 1.46. The normalized spacial score (nSPS) is 10.5. The minimum Gasteiger partial charge on any atom is -0.468 e. The third-order valence-electron chi connectivity index (χ3n) is 4.75. The number of carbonyl (C=O) groups is 6. The van der Waals surface area contributed by atoms with Crippen LogP contribution in [-0.4, -0.2) is 92.3 Å². The van der Waals surface area contributed by atoms with Crippen LogP contribution in [0.15, 0.2) is 0 Å². The summed E-state index contributed by atoms with van der Waals surface area (Å²) in [5, 5.41) is 9.75. The Morgan fingerprint density at radius 3 is 1.88 bits per heavy atom. The molecule has 0 spiro atoms. The Bertz CT molecular complexity index is 694. The molecule has 13 heteroatoms. The van der Waals surface area contributed by atoms with Gasteiger partial charge in [0.25, 0.3) is 0 Å². The third kappa shape index (κ3) is 11.8. The van der Waals surface area contributed by atoms with Crippen molar-refractivity contribution in [1.82, 2.24) is 26.2 Å². The second kappa shape index (κ2) is 14.7. The van der Waals surface area contributed by atoms with E-state index in [1.807, 2.05) is 20.8 Å². The molecule has 0 saturated carbocycles. The summed E-state index contributed by atoms with van der Waals surface area (Å²) in [6, 6.07) is 0. The fourth-order valence-electron chi connectivity index (χ4n) is 2.27. The van der Waals surface area contributed by atoms with Gasteiger partial charge >= 0.3 is 5.97 Å². The van der Waals surface area contributed by atoms with Crippen LogP contribution in [0.1, 0.15) is 33.6 Å². The van der Waals surface area contributed by atoms with Gasteiger partial charge in [-0.15, -0.1) is 0 Å². The zero-order valence-corrected chi connectivity index (χ0v) is 19.0. The first-order chi connectivity index (χ1) is 15.0. The number of nitrogens with zero attached hydrogens (tertiary/aromatic N) is 1. The monoisotopic (exact) mass is 458 g/mol. The predicted molar refractivity (Wildman–Crippen MR) is 114 cm³/mol. The van der Waals surface area contributed by atoms with Crippen LogP contribution >= 0.6 is 0 Å². The van der Waals surface area contributed by atoms with Gasteiger partial charge in [0.15, 0.2) is 0 Å². The second-order valence-electron chi connectivity index (χ2n) is 7.18. The first-order valence-electron chi connectivity index (χ1n) is 10.2. The largest absolute Gasteiger partial charge is 0.468 e. The number of carbonyl (C=O) groups excluding carboxylic acids is 6. The number of hydrogen-bond acceptors (Lipinski definition) is 8. The van der Waals surface area contributed by atoms with Crippen LogP contribution in [-0.2, 0) is 33.5 Å². The van der Waals surface area contributed by atoms with Crippen molar-refractivity contribution in [2.24, 2.45) is 5.73 Å². The average Bonchev–Trinajstić information content (AvgIpc) is 2.78. The third-order valence-corrected chi connectivity index (χ3v) is 4.75. The summed E-state index contributed by atoms with van der Waals surface area (Å²) in [6.45, 7) is 3.23. The molecule has 0 saturated heterocycles. The van der Waals surface area contributed by atoms with Crippen molar-refractivity contribution in [3.05, 3.63) is 0 Å². The van der Waals surface area contributed by atoms with Crippen molar-refractivity contribution in [3.8, 4) is 0 Å². The molecule has 0 aromatic heterocycles. The number of hydrogen-bond donors (Lipinski definition) is 5. The lowest BCUT2D eigenvalue weighted by Crippen LogP contribution is -2.50. The van der Waals surface area contributed by atoms with Crippen molar-refractivity contribution >= 4 is 35.5 Å². The summed E-state index contributed by atoms with van der Waals surface area (Å²) in [4.78, 5) is 71.7. The maximum absolute atomic E-state index is 12.2. The number of nitrogens with two attached hydrogens (primary N) is 1. The first kappa shape index (κ1) is 28.8. The van der Waals surface area contributed by atoms with E-state index in [2.05, 4.69) is 26.0 Å². The average molecular weight is 459 g/mol. The van der Waals surface area contributed by atoms with Gasteiger partial charge in [-0.25, -0.2) is 0 Å². The predicted octanol–water partition coefficient (Wildman–Crippen LogP) is -3.01. The van der Waals surface area contributed by atoms with Crippen LogP contribution in [0.3, 0.4) is 0 Å². The maximum atomic E-state index is 12.2. The fraction of sp³-hybridized carbons (Fsp3) is 0.684. The highest BCUT2D eigenvalue weighted by molar-refractivity contribution is 5.92. The van der Waals surface area contributed by atoms with E-state index >= 15 is 0 Å². The summed E-state index contributed by atoms with van der Waals surface area (Å²) < 4.78 is 4.49. The molecule has 0 fully saturated rings. The first-order valence-corrected chi connectivity index (χ1v) is 10.2. The van der Waals surface area contributed by atoms with Crippen molar-refractivity contribution in [2.75, 3.05) is 46.4 Å². The summed E-state index contributed by atoms with van der Waals surface area (Å²) in [5.41, 5.74) is 4.77. The Kier molecular flexibility index (Phi) is 13.2. The van der Waals surface area contributed by atoms with Crippen LogP contribution in [0.5, 0.6) is 0 Å². The SMILES string of the molecule is CCC(C)(CC)NC(=O)CNC(=O)CNC(=O)CN(CC(=O)OC)C(=O)CNC(=O)CN. The molecule has 5 amide bonds. The van der Waals surface area contributed by atoms with E-state index in [0.717, 1.165) is 24.9 Å². The molecule has 32 heavy (non-hydrogen) atoms. The lowest BCUT2D eigenvalue weighted by atomic mass is 9.95. The van der Waals surface area contributed by atoms with Gasteiger partial charge in [0.2, 0.25) is 29.5 Å². The molecule has 0 aliphatic carbocycles. The van der Waals surface area contributed by atoms with Gasteiger partial charge in [0.1, 0.15) is 13.1 Å². The van der Waals surface area contributed by atoms with Gasteiger partial charge in [0, 0.05) is 5.54 Å². The lowest BCUT2D eigenvalue weighted by molar-refractivity contribution is -0.148. The van der Waals surface area contributed by atoms with E-state index < -0.39 is 55.8 Å². The van der Waals surface area contributed by atoms with E-state index in [0.29, 0.717) is 0 Å². The van der Waals surface area contributed by atoms with E-state index in [-0.39, 0.29) is 24.5 Å². The number of methoxy groups -OCH3 is 1. The molecule has 13 nitrogen and oxygen atoms in total. The summed E-state index contributed by atoms with van der Waals surface area (Å²) in [7, 11) is 1.12. The smallest absolute Gasteiger partial charge is 0.325 e. The van der Waals surface area contributed by atoms with Crippen LogP contribution in [0.4, 0.5) is 0 Å². The number of nitrogens with one attached hydrogen (secondary N) is 4. The van der Waals surface area contributed by atoms with Crippen LogP contribution in [0.25, 0.3) is 0 Å². The molecule has 0 heterocycles. The van der Waals surface area contributed by atoms with Gasteiger partial charge < -0.3 is 36.6 Å². The van der Waals surface area contributed by atoms with Crippen molar-refractivity contribution in [2.45, 2.75) is 39.2 Å². The highest BCUT2D eigenvalue weighted by atomic mass is 16.5. The van der Waals surface area contributed by atoms with Gasteiger partial charge in [0.05, 0.1) is 33.3 Å². The Morgan fingerprint density at radius 1 is 0.812 bits per heavy atom. The molecular weight excluding hydrogens is 424 g/mol. The molecule has 6 N–H and O–H groups in total. The summed E-state index contributed by atoms with van der Waals surface area (Å²) in [5.74, 6) is -3.76. The van der Waals surface area contributed by atoms with Gasteiger partial charge in [-0.2, -0.15) is 0 Å². The second-order valence-corrected chi connectivity index (χ2v) is 7.18. The number of rotatable bonds is 14. The molecule has 0 rings (SSSR count). The zero-order chi connectivity index (χ0) is 24.7. The molecule has 0 aromatic rings. The van der Waals surface area contributed by atoms with Crippen LogP contribution in [0.2, 0.25) is 0 Å². The summed E-state index contributed by atoms with van der Waals surface area (Å²) >= 11 is 0. The van der Waals surface area contributed by atoms with Crippen molar-refractivity contribution in [3.63, 3.8) is 0 Å². The number of ether oxygens (including phenoxy) is 1. The molecule has 0 bridgehead atoms. The molecule has 0 aliphatic heterocycles. The maximum Gasteiger partial charge on any atom is 0.325 e. The molecule has 0 radical (unpaired) electrons. The van der Waals surface area contributed by atoms with Gasteiger partial charge in [-0.3, -0.25) is 28.8 Å². The lowest BCUT2D eigenvalue weighted by Gasteiger charge is -2.28. The van der Waals surface area contributed by atoms with E-state index in [9.17, 15) is 28.8 Å². The molecule has 0 unspecified atom stereocenters. The van der Waals surface area contributed by atoms with Crippen LogP contribution < -0.4 is 27.0 Å². The standard InChI is InChI=1S/C19H34N6O7/c1-5-19(3,6-2)24-15(28)9-21-14(27)8-22-16(29)11-25(12-18(31)32-4)17(30)10-23-13(26)7-20/h5-12,20H2,1-4H3,(H,21,27)(H,22,29)(H,23,26)(H,24,28). The number of amides is 5. The minimum atomic E-state index is -0.772. The van der Waals surface area contributed by atoms with Crippen molar-refractivity contribution < 1.29 is 33.5 Å². The highest BCUT2D eigenvalue weighted by Gasteiger charge is 2.23. The van der Waals surface area contributed by atoms with E-state index in [1.54, 1.807) is 0 Å². The Morgan fingerprint density at radius 2 is 1.34 bits per heavy atom. The van der Waals surface area contributed by atoms with Gasteiger partial charge in [-0.1, -0.05) is 13.8 Å². The molecular formula is C19H34N6O7. The van der Waals surface area contributed by atoms with E-state index in [4.69, 9.17) is 5.73 Å². The van der Waals surface area contributed by atoms with E-state index in [1.165, 1.54) is 0 Å².